The summed E-state index contributed by atoms with van der Waals surface area (Å²) in [5.74, 6) is 0. The molecule has 0 aliphatic carbocycles. The summed E-state index contributed by atoms with van der Waals surface area (Å²) in [5, 5.41) is 9.92. The van der Waals surface area contributed by atoms with Crippen molar-refractivity contribution in [2.45, 2.75) is 6.04 Å². The Kier molecular flexibility index (Phi) is 8.24. The molecule has 0 saturated heterocycles. The Labute approximate surface area is 269 Å². The van der Waals surface area contributed by atoms with Crippen LogP contribution in [0.25, 0.3) is 0 Å². The van der Waals surface area contributed by atoms with Crippen molar-refractivity contribution in [1.29, 1.82) is 0 Å². The summed E-state index contributed by atoms with van der Waals surface area (Å²) < 4.78 is 0. The normalized spacial score (nSPS) is 11.6. The summed E-state index contributed by atoms with van der Waals surface area (Å²) in [6.07, 6.45) is 0. The third-order valence-corrected chi connectivity index (χ3v) is 19.0. The van der Waals surface area contributed by atoms with Crippen molar-refractivity contribution in [3.63, 3.8) is 0 Å². The van der Waals surface area contributed by atoms with E-state index < -0.39 is 16.1 Å². The van der Waals surface area contributed by atoms with Crippen molar-refractivity contribution in [3.8, 4) is 0 Å². The Morgan fingerprint density at radius 1 is 0.244 bits per heavy atom. The highest BCUT2D eigenvalue weighted by Gasteiger charge is 2.42. The highest BCUT2D eigenvalue weighted by Crippen LogP contribution is 2.17. The molecule has 0 nitrogen and oxygen atoms in total. The van der Waals surface area contributed by atoms with E-state index in [0.717, 1.165) is 6.04 Å². The Morgan fingerprint density at radius 3 is 0.778 bits per heavy atom. The van der Waals surface area contributed by atoms with E-state index in [1.54, 1.807) is 0 Å². The molecule has 0 N–H and O–H groups in total. The third-order valence-electron chi connectivity index (χ3n) is 9.28. The van der Waals surface area contributed by atoms with E-state index in [1.165, 1.54) is 41.9 Å². The molecule has 0 fully saturated rings. The van der Waals surface area contributed by atoms with Crippen LogP contribution in [0.4, 0.5) is 0 Å². The van der Waals surface area contributed by atoms with Gasteiger partial charge in [0.25, 0.3) is 0 Å². The Hall–Kier alpha value is -5.03. The van der Waals surface area contributed by atoms with Gasteiger partial charge in [-0.3, -0.25) is 0 Å². The largest absolute Gasteiger partial charge is 0.179 e. The molecule has 0 atom stereocenters. The highest BCUT2D eigenvalue weighted by atomic mass is 28.3. The third kappa shape index (κ3) is 5.33. The first-order chi connectivity index (χ1) is 22.3. The van der Waals surface area contributed by atoms with Gasteiger partial charge in [-0.05, 0) is 47.9 Å². The maximum absolute atomic E-state index is 2.56. The predicted octanol–water partition coefficient (Wildman–Crippen LogP) is 5.32. The summed E-state index contributed by atoms with van der Waals surface area (Å²) in [5.41, 5.74) is 1.37. The van der Waals surface area contributed by atoms with Crippen LogP contribution in [0.1, 0.15) is 5.56 Å². The van der Waals surface area contributed by atoms with Crippen molar-refractivity contribution in [3.05, 3.63) is 212 Å². The summed E-state index contributed by atoms with van der Waals surface area (Å²) in [4.78, 5) is 0. The first kappa shape index (κ1) is 28.7. The average molecular weight is 609 g/mol. The second-order valence-corrected chi connectivity index (χ2v) is 19.4. The van der Waals surface area contributed by atoms with E-state index in [9.17, 15) is 0 Å². The molecule has 2 heteroatoms. The molecule has 0 spiro atoms. The monoisotopic (exact) mass is 608 g/mol. The number of hydrogen-bond acceptors (Lipinski definition) is 0. The zero-order valence-corrected chi connectivity index (χ0v) is 27.3. The zero-order valence-electron chi connectivity index (χ0n) is 25.3. The molecule has 7 aromatic carbocycles. The molecule has 0 amide bonds. The molecule has 0 radical (unpaired) electrons. The van der Waals surface area contributed by atoms with Gasteiger partial charge in [0, 0.05) is 0 Å². The van der Waals surface area contributed by atoms with Crippen molar-refractivity contribution < 1.29 is 0 Å². The van der Waals surface area contributed by atoms with Crippen LogP contribution in [0.3, 0.4) is 0 Å². The SMILES string of the molecule is c1ccc([Si](Cc2ccc([Si](c3ccccc3)(c3ccccc3)c3ccccc3)cc2)(c2ccccc2)c2ccccc2)cc1. The van der Waals surface area contributed by atoms with E-state index in [-0.39, 0.29) is 0 Å². The Balaban J connectivity index is 1.42. The van der Waals surface area contributed by atoms with Gasteiger partial charge in [0.1, 0.15) is 0 Å². The fourth-order valence-corrected chi connectivity index (χ4v) is 16.7. The number of benzene rings is 7. The van der Waals surface area contributed by atoms with Gasteiger partial charge in [0.2, 0.25) is 0 Å². The molecular formula is C43H36Si2. The molecular weight excluding hydrogens is 573 g/mol. The quantitative estimate of drug-likeness (QED) is 0.154. The second-order valence-electron chi connectivity index (χ2n) is 11.7. The van der Waals surface area contributed by atoms with E-state index in [1.807, 2.05) is 0 Å². The lowest BCUT2D eigenvalue weighted by Crippen LogP contribution is -2.74. The molecule has 0 bridgehead atoms. The minimum absolute atomic E-state index is 0.988. The topological polar surface area (TPSA) is 0 Å². The van der Waals surface area contributed by atoms with Crippen LogP contribution in [0.5, 0.6) is 0 Å². The van der Waals surface area contributed by atoms with Gasteiger partial charge in [0.15, 0.2) is 16.1 Å². The maximum Gasteiger partial charge on any atom is 0.179 e. The lowest BCUT2D eigenvalue weighted by molar-refractivity contribution is 1.35. The van der Waals surface area contributed by atoms with Gasteiger partial charge >= 0.3 is 0 Å². The van der Waals surface area contributed by atoms with Crippen LogP contribution in [0.2, 0.25) is 0 Å². The summed E-state index contributed by atoms with van der Waals surface area (Å²) in [7, 11) is -4.97. The average Bonchev–Trinajstić information content (AvgIpc) is 3.14. The Bertz CT molecular complexity index is 1730. The molecule has 45 heavy (non-hydrogen) atoms. The lowest BCUT2D eigenvalue weighted by Gasteiger charge is -2.35. The summed E-state index contributed by atoms with van der Waals surface area (Å²) in [6, 6.07) is 77.9. The van der Waals surface area contributed by atoms with Crippen LogP contribution in [-0.4, -0.2) is 16.1 Å². The van der Waals surface area contributed by atoms with Crippen molar-refractivity contribution >= 4 is 52.5 Å². The summed E-state index contributed by atoms with van der Waals surface area (Å²) >= 11 is 0. The molecule has 7 rings (SSSR count). The maximum atomic E-state index is 2.44. The van der Waals surface area contributed by atoms with Crippen LogP contribution in [0, 0.1) is 0 Å². The van der Waals surface area contributed by atoms with Crippen LogP contribution < -0.4 is 36.3 Å². The highest BCUT2D eigenvalue weighted by molar-refractivity contribution is 7.20. The van der Waals surface area contributed by atoms with E-state index in [2.05, 4.69) is 206 Å². The first-order valence-corrected chi connectivity index (χ1v) is 19.9. The van der Waals surface area contributed by atoms with E-state index in [4.69, 9.17) is 0 Å². The molecule has 0 unspecified atom stereocenters. The zero-order chi connectivity index (χ0) is 30.4. The molecule has 7 aromatic rings. The molecule has 0 saturated carbocycles. The van der Waals surface area contributed by atoms with Crippen molar-refractivity contribution in [2.24, 2.45) is 0 Å². The molecule has 0 aromatic heterocycles. The van der Waals surface area contributed by atoms with Crippen LogP contribution >= 0.6 is 0 Å². The fraction of sp³-hybridized carbons (Fsp3) is 0.0233. The molecule has 216 valence electrons. The first-order valence-electron chi connectivity index (χ1n) is 15.7. The van der Waals surface area contributed by atoms with E-state index >= 15 is 0 Å². The van der Waals surface area contributed by atoms with Crippen LogP contribution in [0.15, 0.2) is 206 Å². The molecule has 0 heterocycles. The van der Waals surface area contributed by atoms with Gasteiger partial charge in [-0.25, -0.2) is 0 Å². The van der Waals surface area contributed by atoms with Gasteiger partial charge < -0.3 is 0 Å². The van der Waals surface area contributed by atoms with Crippen LogP contribution in [-0.2, 0) is 6.04 Å². The van der Waals surface area contributed by atoms with Crippen molar-refractivity contribution in [1.82, 2.24) is 0 Å². The Morgan fingerprint density at radius 2 is 0.489 bits per heavy atom. The fourth-order valence-electron chi connectivity index (χ4n) is 7.22. The second kappa shape index (κ2) is 12.9. The lowest BCUT2D eigenvalue weighted by atomic mass is 10.2. The van der Waals surface area contributed by atoms with Gasteiger partial charge in [0.05, 0.1) is 0 Å². The standard InChI is InChI=1S/C43H36Si2/c1-7-19-37(20-8-1)44(38-21-9-2-10-22-38,39-23-11-3-12-24-39)35-36-31-33-43(34-32-36)45(40-25-13-4-14-26-40,41-27-15-5-16-28-41)42-29-17-6-18-30-42/h1-34H,35H2. The molecule has 0 aliphatic rings. The number of hydrogen-bond donors (Lipinski definition) is 0. The molecule has 0 aliphatic heterocycles. The van der Waals surface area contributed by atoms with E-state index in [0.29, 0.717) is 0 Å². The van der Waals surface area contributed by atoms with Gasteiger partial charge in [-0.2, -0.15) is 0 Å². The summed E-state index contributed by atoms with van der Waals surface area (Å²) in [6.45, 7) is 0. The minimum Gasteiger partial charge on any atom is -0.0624 e. The van der Waals surface area contributed by atoms with Gasteiger partial charge in [-0.15, -0.1) is 0 Å². The minimum atomic E-state index is -2.56. The van der Waals surface area contributed by atoms with Crippen molar-refractivity contribution in [2.75, 3.05) is 0 Å². The predicted molar refractivity (Wildman–Crippen MR) is 198 cm³/mol. The van der Waals surface area contributed by atoms with Gasteiger partial charge in [-0.1, -0.05) is 206 Å². The number of rotatable bonds is 9. The smallest absolute Gasteiger partial charge is 0.0624 e.